The van der Waals surface area contributed by atoms with E-state index in [9.17, 15) is 0 Å². The summed E-state index contributed by atoms with van der Waals surface area (Å²) in [6.07, 6.45) is 16.4. The molecule has 2 aromatic heterocycles. The molecule has 0 radical (unpaired) electrons. The molecule has 0 spiro atoms. The second-order valence-electron chi connectivity index (χ2n) is 7.44. The van der Waals surface area contributed by atoms with Gasteiger partial charge in [-0.25, -0.2) is 9.98 Å². The number of nitrogens with one attached hydrogen (secondary N) is 2. The van der Waals surface area contributed by atoms with Crippen molar-refractivity contribution in [3.05, 3.63) is 124 Å². The Balaban J connectivity index is 1.62. The maximum absolute atomic E-state index is 4.90. The number of hydrogen-bond acceptors (Lipinski definition) is 2. The second-order valence-corrected chi connectivity index (χ2v) is 7.44. The van der Waals surface area contributed by atoms with E-state index >= 15 is 0 Å². The standard InChI is InChI=1S/C26H18N4/c1-2-4-18(5-3-1)26-24-11-10-23(30-24)15-22-9-8-21(29-22)14-20-7-6-19(28-20)12-17-13-25(26)27-16-17/h1-16,27-28H. The number of benzene rings is 1. The number of hydrogen-bond donors (Lipinski definition) is 2. The minimum Gasteiger partial charge on any atom is -0.361 e. The number of rotatable bonds is 1. The summed E-state index contributed by atoms with van der Waals surface area (Å²) in [5.41, 5.74) is 8.01. The van der Waals surface area contributed by atoms with Crippen molar-refractivity contribution in [2.24, 2.45) is 9.98 Å². The van der Waals surface area contributed by atoms with Crippen LogP contribution in [0.4, 0.5) is 0 Å². The highest BCUT2D eigenvalue weighted by atomic mass is 14.8. The van der Waals surface area contributed by atoms with Crippen molar-refractivity contribution < 1.29 is 0 Å². The van der Waals surface area contributed by atoms with Gasteiger partial charge in [-0.05, 0) is 71.9 Å². The Bertz CT molecular complexity index is 1460. The van der Waals surface area contributed by atoms with Gasteiger partial charge >= 0.3 is 0 Å². The van der Waals surface area contributed by atoms with Gasteiger partial charge in [0, 0.05) is 28.2 Å². The summed E-state index contributed by atoms with van der Waals surface area (Å²) in [6, 6.07) is 16.7. The van der Waals surface area contributed by atoms with Gasteiger partial charge in [-0.2, -0.15) is 0 Å². The molecule has 0 fully saturated rings. The van der Waals surface area contributed by atoms with E-state index in [0.29, 0.717) is 0 Å². The smallest absolute Gasteiger partial charge is 0.0736 e. The van der Waals surface area contributed by atoms with Crippen LogP contribution in [0.1, 0.15) is 16.8 Å². The summed E-state index contributed by atoms with van der Waals surface area (Å²) < 4.78 is 0. The molecule has 0 unspecified atom stereocenters. The zero-order chi connectivity index (χ0) is 19.9. The molecule has 4 nitrogen and oxygen atoms in total. The van der Waals surface area contributed by atoms with Crippen LogP contribution >= 0.6 is 0 Å². The topological polar surface area (TPSA) is 56.3 Å². The van der Waals surface area contributed by atoms with E-state index in [1.807, 2.05) is 42.6 Å². The third kappa shape index (κ3) is 3.05. The first-order valence-electron chi connectivity index (χ1n) is 9.92. The van der Waals surface area contributed by atoms with Crippen LogP contribution in [0.15, 0.2) is 106 Å². The largest absolute Gasteiger partial charge is 0.361 e. The van der Waals surface area contributed by atoms with Crippen LogP contribution in [0, 0.1) is 0 Å². The molecule has 0 amide bonds. The Kier molecular flexibility index (Phi) is 3.74. The van der Waals surface area contributed by atoms with E-state index in [-0.39, 0.29) is 0 Å². The number of aromatic amines is 2. The molecule has 30 heavy (non-hydrogen) atoms. The zero-order valence-corrected chi connectivity index (χ0v) is 16.1. The number of H-pyrrole nitrogens is 2. The highest BCUT2D eigenvalue weighted by molar-refractivity contribution is 6.19. The van der Waals surface area contributed by atoms with Crippen LogP contribution in [-0.4, -0.2) is 21.4 Å². The molecule has 8 bridgehead atoms. The molecule has 4 heteroatoms. The Hall–Kier alpha value is -4.18. The fraction of sp³-hybridized carbons (Fsp3) is 0. The average Bonchev–Trinajstić information content (AvgIpc) is 3.54. The summed E-state index contributed by atoms with van der Waals surface area (Å²) in [5, 5.41) is 2.08. The molecule has 5 heterocycles. The van der Waals surface area contributed by atoms with Gasteiger partial charge in [0.1, 0.15) is 0 Å². The molecule has 1 aromatic carbocycles. The summed E-state index contributed by atoms with van der Waals surface area (Å²) in [7, 11) is 0. The minimum atomic E-state index is 0.899. The van der Waals surface area contributed by atoms with Gasteiger partial charge < -0.3 is 9.97 Å². The molecule has 0 saturated carbocycles. The van der Waals surface area contributed by atoms with Gasteiger partial charge in [-0.15, -0.1) is 0 Å². The molecule has 3 aliphatic rings. The SMILES string of the molecule is C1=CC2=NC1=CC1=NC(=C(c3ccccc3)c3cc(c[nH]3)C=c3ccc([nH]3)=C2)C=C1. The summed E-state index contributed by atoms with van der Waals surface area (Å²) >= 11 is 0. The lowest BCUT2D eigenvalue weighted by atomic mass is 10.0. The van der Waals surface area contributed by atoms with Crippen molar-refractivity contribution in [3.8, 4) is 0 Å². The van der Waals surface area contributed by atoms with Crippen LogP contribution in [-0.2, 0) is 0 Å². The number of fused-ring (bicyclic) bond motifs is 6. The third-order valence-electron chi connectivity index (χ3n) is 5.29. The summed E-state index contributed by atoms with van der Waals surface area (Å²) in [6.45, 7) is 0. The zero-order valence-electron chi connectivity index (χ0n) is 16.1. The lowest BCUT2D eigenvalue weighted by Gasteiger charge is -2.08. The fourth-order valence-corrected chi connectivity index (χ4v) is 3.93. The molecule has 3 aliphatic heterocycles. The lowest BCUT2D eigenvalue weighted by Crippen LogP contribution is -2.10. The van der Waals surface area contributed by atoms with Crippen molar-refractivity contribution in [1.82, 2.24) is 9.97 Å². The highest BCUT2D eigenvalue weighted by Crippen LogP contribution is 2.30. The summed E-state index contributed by atoms with van der Waals surface area (Å²) in [5.74, 6) is 0. The van der Waals surface area contributed by atoms with Crippen molar-refractivity contribution >= 4 is 29.1 Å². The predicted octanol–water partition coefficient (Wildman–Crippen LogP) is 3.63. The van der Waals surface area contributed by atoms with Gasteiger partial charge in [0.2, 0.25) is 0 Å². The van der Waals surface area contributed by atoms with Gasteiger partial charge in [-0.1, -0.05) is 30.3 Å². The van der Waals surface area contributed by atoms with E-state index in [1.165, 1.54) is 0 Å². The Morgan fingerprint density at radius 1 is 0.700 bits per heavy atom. The van der Waals surface area contributed by atoms with Crippen molar-refractivity contribution in [3.63, 3.8) is 0 Å². The molecule has 142 valence electrons. The first kappa shape index (κ1) is 16.7. The van der Waals surface area contributed by atoms with Gasteiger partial charge in [0.05, 0.1) is 22.8 Å². The Morgan fingerprint density at radius 2 is 1.50 bits per heavy atom. The van der Waals surface area contributed by atoms with E-state index in [2.05, 4.69) is 64.6 Å². The molecule has 3 aromatic rings. The van der Waals surface area contributed by atoms with Crippen LogP contribution in [0.3, 0.4) is 0 Å². The van der Waals surface area contributed by atoms with Crippen LogP contribution in [0.2, 0.25) is 0 Å². The molecule has 0 aliphatic carbocycles. The average molecular weight is 386 g/mol. The maximum Gasteiger partial charge on any atom is 0.0736 e. The molecular formula is C26H18N4. The lowest BCUT2D eigenvalue weighted by molar-refractivity contribution is 1.27. The third-order valence-corrected chi connectivity index (χ3v) is 5.29. The number of nitrogens with zero attached hydrogens (tertiary/aromatic N) is 2. The van der Waals surface area contributed by atoms with Crippen LogP contribution in [0.25, 0.3) is 17.7 Å². The monoisotopic (exact) mass is 386 g/mol. The molecule has 6 rings (SSSR count). The number of aromatic nitrogens is 2. The number of allylic oxidation sites excluding steroid dienone is 5. The minimum absolute atomic E-state index is 0.899. The quantitative estimate of drug-likeness (QED) is 0.642. The molecule has 0 atom stereocenters. The van der Waals surface area contributed by atoms with Crippen molar-refractivity contribution in [2.75, 3.05) is 0 Å². The van der Waals surface area contributed by atoms with Gasteiger partial charge in [0.15, 0.2) is 0 Å². The Labute approximate surface area is 173 Å². The van der Waals surface area contributed by atoms with Gasteiger partial charge in [-0.3, -0.25) is 0 Å². The van der Waals surface area contributed by atoms with Crippen molar-refractivity contribution in [2.45, 2.75) is 0 Å². The molecule has 0 saturated heterocycles. The van der Waals surface area contributed by atoms with Crippen molar-refractivity contribution in [1.29, 1.82) is 0 Å². The second kappa shape index (κ2) is 6.71. The van der Waals surface area contributed by atoms with Crippen LogP contribution in [0.5, 0.6) is 0 Å². The number of aliphatic imine (C=N–C) groups is 2. The van der Waals surface area contributed by atoms with Crippen LogP contribution < -0.4 is 10.7 Å². The summed E-state index contributed by atoms with van der Waals surface area (Å²) in [4.78, 5) is 16.5. The van der Waals surface area contributed by atoms with E-state index < -0.39 is 0 Å². The van der Waals surface area contributed by atoms with E-state index in [0.717, 1.165) is 55.9 Å². The molecule has 2 N–H and O–H groups in total. The maximum atomic E-state index is 4.90. The Morgan fingerprint density at radius 3 is 2.40 bits per heavy atom. The predicted molar refractivity (Wildman–Crippen MR) is 123 cm³/mol. The molecular weight excluding hydrogens is 368 g/mol. The first-order chi connectivity index (χ1) is 14.8. The first-order valence-corrected chi connectivity index (χ1v) is 9.92. The normalized spacial score (nSPS) is 16.7. The van der Waals surface area contributed by atoms with E-state index in [1.54, 1.807) is 0 Å². The fourth-order valence-electron chi connectivity index (χ4n) is 3.93. The highest BCUT2D eigenvalue weighted by Gasteiger charge is 2.15. The van der Waals surface area contributed by atoms with E-state index in [4.69, 9.17) is 9.98 Å². The van der Waals surface area contributed by atoms with Gasteiger partial charge in [0.25, 0.3) is 0 Å².